The van der Waals surface area contributed by atoms with Gasteiger partial charge in [-0.25, -0.2) is 14.5 Å². The highest BCUT2D eigenvalue weighted by Gasteiger charge is 2.15. The van der Waals surface area contributed by atoms with Gasteiger partial charge < -0.3 is 10.1 Å². The summed E-state index contributed by atoms with van der Waals surface area (Å²) >= 11 is 0. The van der Waals surface area contributed by atoms with Gasteiger partial charge in [0.1, 0.15) is 17.3 Å². The number of nitrogens with one attached hydrogen (secondary N) is 1. The van der Waals surface area contributed by atoms with Crippen LogP contribution in [-0.2, 0) is 11.2 Å². The summed E-state index contributed by atoms with van der Waals surface area (Å²) in [6.45, 7) is 6.13. The zero-order chi connectivity index (χ0) is 19.4. The van der Waals surface area contributed by atoms with Crippen LogP contribution in [0.25, 0.3) is 5.65 Å². The second-order valence-electron chi connectivity index (χ2n) is 6.00. The molecule has 0 fully saturated rings. The number of carbonyl (C=O) groups is 1. The summed E-state index contributed by atoms with van der Waals surface area (Å²) in [6.07, 6.45) is 3.91. The molecule has 3 rings (SSSR count). The van der Waals surface area contributed by atoms with E-state index in [4.69, 9.17) is 10.00 Å². The maximum Gasteiger partial charge on any atom is 0.237 e. The lowest BCUT2D eigenvalue weighted by atomic mass is 10.1. The molecule has 138 valence electrons. The second-order valence-corrected chi connectivity index (χ2v) is 6.00. The molecular formula is C19H20N6O2. The van der Waals surface area contributed by atoms with Crippen molar-refractivity contribution in [1.82, 2.24) is 19.6 Å². The Balaban J connectivity index is 1.75. The molecule has 0 aliphatic carbocycles. The summed E-state index contributed by atoms with van der Waals surface area (Å²) in [7, 11) is 0. The third-order valence-electron chi connectivity index (χ3n) is 4.26. The number of amides is 1. The number of rotatable bonds is 6. The number of aromatic nitrogens is 4. The fourth-order valence-electron chi connectivity index (χ4n) is 2.94. The van der Waals surface area contributed by atoms with Crippen LogP contribution in [0.5, 0.6) is 5.88 Å². The normalized spacial score (nSPS) is 10.6. The highest BCUT2D eigenvalue weighted by atomic mass is 16.5. The molecule has 3 heterocycles. The fourth-order valence-corrected chi connectivity index (χ4v) is 2.94. The first-order valence-corrected chi connectivity index (χ1v) is 8.66. The van der Waals surface area contributed by atoms with Crippen molar-refractivity contribution in [2.45, 2.75) is 33.6 Å². The molecule has 0 spiro atoms. The summed E-state index contributed by atoms with van der Waals surface area (Å²) in [5.74, 6) is 0.269. The van der Waals surface area contributed by atoms with E-state index in [-0.39, 0.29) is 12.3 Å². The minimum atomic E-state index is -0.138. The predicted octanol–water partition coefficient (Wildman–Crippen LogP) is 2.58. The molecular weight excluding hydrogens is 344 g/mol. The fraction of sp³-hybridized carbons (Fsp3) is 0.316. The van der Waals surface area contributed by atoms with E-state index in [9.17, 15) is 4.79 Å². The van der Waals surface area contributed by atoms with Gasteiger partial charge in [-0.05, 0) is 44.9 Å². The van der Waals surface area contributed by atoms with Crippen molar-refractivity contribution in [3.8, 4) is 11.9 Å². The number of nitriles is 1. The van der Waals surface area contributed by atoms with Crippen LogP contribution in [0, 0.1) is 25.2 Å². The number of pyridine rings is 1. The van der Waals surface area contributed by atoms with E-state index in [1.165, 1.54) is 6.20 Å². The smallest absolute Gasteiger partial charge is 0.237 e. The molecule has 8 nitrogen and oxygen atoms in total. The van der Waals surface area contributed by atoms with Crippen LogP contribution in [0.1, 0.15) is 35.9 Å². The summed E-state index contributed by atoms with van der Waals surface area (Å²) in [4.78, 5) is 21.0. The molecule has 27 heavy (non-hydrogen) atoms. The zero-order valence-corrected chi connectivity index (χ0v) is 15.5. The highest BCUT2D eigenvalue weighted by Crippen LogP contribution is 2.22. The lowest BCUT2D eigenvalue weighted by Gasteiger charge is -2.12. The molecule has 0 saturated heterocycles. The molecule has 0 aliphatic heterocycles. The largest absolute Gasteiger partial charge is 0.476 e. The number of hydrogen-bond donors (Lipinski definition) is 1. The van der Waals surface area contributed by atoms with Crippen LogP contribution in [-0.4, -0.2) is 32.1 Å². The second kappa shape index (κ2) is 7.83. The van der Waals surface area contributed by atoms with Gasteiger partial charge in [0, 0.05) is 24.0 Å². The average Bonchev–Trinajstić information content (AvgIpc) is 3.06. The van der Waals surface area contributed by atoms with Gasteiger partial charge in [0.2, 0.25) is 11.8 Å². The predicted molar refractivity (Wildman–Crippen MR) is 99.5 cm³/mol. The molecule has 8 heteroatoms. The Morgan fingerprint density at radius 2 is 2.22 bits per heavy atom. The van der Waals surface area contributed by atoms with Crippen molar-refractivity contribution in [3.63, 3.8) is 0 Å². The number of carbonyl (C=O) groups excluding carboxylic acids is 1. The van der Waals surface area contributed by atoms with Gasteiger partial charge in [0.25, 0.3) is 0 Å². The number of fused-ring (bicyclic) bond motifs is 1. The zero-order valence-electron chi connectivity index (χ0n) is 15.5. The molecule has 0 radical (unpaired) electrons. The average molecular weight is 364 g/mol. The Morgan fingerprint density at radius 3 is 2.96 bits per heavy atom. The Bertz CT molecular complexity index is 1030. The first kappa shape index (κ1) is 18.3. The summed E-state index contributed by atoms with van der Waals surface area (Å²) < 4.78 is 7.07. The number of hydrogen-bond acceptors (Lipinski definition) is 6. The van der Waals surface area contributed by atoms with Crippen LogP contribution in [0.4, 0.5) is 5.69 Å². The summed E-state index contributed by atoms with van der Waals surface area (Å²) in [6, 6.07) is 5.59. The minimum absolute atomic E-state index is 0.138. The van der Waals surface area contributed by atoms with Crippen LogP contribution in [0.2, 0.25) is 0 Å². The summed E-state index contributed by atoms with van der Waals surface area (Å²) in [5.41, 5.74) is 4.14. The van der Waals surface area contributed by atoms with Gasteiger partial charge >= 0.3 is 0 Å². The quantitative estimate of drug-likeness (QED) is 0.721. The van der Waals surface area contributed by atoms with Crippen molar-refractivity contribution < 1.29 is 9.53 Å². The molecule has 3 aromatic rings. The maximum atomic E-state index is 12.4. The molecule has 1 amide bonds. The van der Waals surface area contributed by atoms with Crippen molar-refractivity contribution in [2.24, 2.45) is 0 Å². The van der Waals surface area contributed by atoms with E-state index >= 15 is 0 Å². The first-order chi connectivity index (χ1) is 13.0. The van der Waals surface area contributed by atoms with Gasteiger partial charge in [-0.15, -0.1) is 0 Å². The molecule has 1 N–H and O–H groups in total. The SMILES string of the molecule is CCOc1ncccc1NC(=O)CCc1c(C)nc2c(C#N)cnn2c1C. The van der Waals surface area contributed by atoms with E-state index in [2.05, 4.69) is 26.5 Å². The van der Waals surface area contributed by atoms with Crippen molar-refractivity contribution in [3.05, 3.63) is 47.0 Å². The standard InChI is InChI=1S/C19H20N6O2/c1-4-27-19-16(6-5-9-21-19)24-17(26)8-7-15-12(2)23-18-14(10-20)11-22-25(18)13(15)3/h5-6,9,11H,4,7-8H2,1-3H3,(H,24,26). The van der Waals surface area contributed by atoms with Gasteiger partial charge in [0.05, 0.1) is 12.8 Å². The van der Waals surface area contributed by atoms with Gasteiger partial charge in [-0.1, -0.05) is 0 Å². The number of nitrogens with zero attached hydrogens (tertiary/aromatic N) is 5. The van der Waals surface area contributed by atoms with E-state index in [0.717, 1.165) is 17.0 Å². The topological polar surface area (TPSA) is 105 Å². The van der Waals surface area contributed by atoms with E-state index in [1.807, 2.05) is 20.8 Å². The number of ether oxygens (including phenoxy) is 1. The lowest BCUT2D eigenvalue weighted by Crippen LogP contribution is -2.15. The molecule has 0 aromatic carbocycles. The Labute approximate surface area is 156 Å². The Kier molecular flexibility index (Phi) is 5.31. The monoisotopic (exact) mass is 364 g/mol. The lowest BCUT2D eigenvalue weighted by molar-refractivity contribution is -0.116. The molecule has 0 unspecified atom stereocenters. The van der Waals surface area contributed by atoms with E-state index < -0.39 is 0 Å². The Hall–Kier alpha value is -3.47. The van der Waals surface area contributed by atoms with E-state index in [1.54, 1.807) is 22.8 Å². The van der Waals surface area contributed by atoms with Crippen LogP contribution >= 0.6 is 0 Å². The third kappa shape index (κ3) is 3.72. The minimum Gasteiger partial charge on any atom is -0.476 e. The van der Waals surface area contributed by atoms with E-state index in [0.29, 0.717) is 35.8 Å². The molecule has 0 bridgehead atoms. The van der Waals surface area contributed by atoms with Gasteiger partial charge in [0.15, 0.2) is 5.65 Å². The first-order valence-electron chi connectivity index (χ1n) is 8.66. The van der Waals surface area contributed by atoms with Crippen molar-refractivity contribution in [2.75, 3.05) is 11.9 Å². The van der Waals surface area contributed by atoms with Crippen LogP contribution in [0.3, 0.4) is 0 Å². The highest BCUT2D eigenvalue weighted by molar-refractivity contribution is 5.92. The van der Waals surface area contributed by atoms with Crippen LogP contribution < -0.4 is 10.1 Å². The summed E-state index contributed by atoms with van der Waals surface area (Å²) in [5, 5.41) is 16.2. The Morgan fingerprint density at radius 1 is 1.41 bits per heavy atom. The number of anilines is 1. The van der Waals surface area contributed by atoms with Gasteiger partial charge in [-0.3, -0.25) is 4.79 Å². The van der Waals surface area contributed by atoms with Crippen molar-refractivity contribution in [1.29, 1.82) is 5.26 Å². The third-order valence-corrected chi connectivity index (χ3v) is 4.26. The molecule has 0 atom stereocenters. The molecule has 0 aliphatic rings. The maximum absolute atomic E-state index is 12.4. The van der Waals surface area contributed by atoms with Gasteiger partial charge in [-0.2, -0.15) is 10.4 Å². The molecule has 0 saturated carbocycles. The van der Waals surface area contributed by atoms with Crippen molar-refractivity contribution >= 4 is 17.2 Å². The number of aryl methyl sites for hydroxylation is 2. The van der Waals surface area contributed by atoms with Crippen LogP contribution in [0.15, 0.2) is 24.5 Å². The molecule has 3 aromatic heterocycles.